The molecule has 5 heteroatoms. The Morgan fingerprint density at radius 2 is 2.00 bits per heavy atom. The second-order valence-electron chi connectivity index (χ2n) is 5.28. The zero-order valence-corrected chi connectivity index (χ0v) is 12.2. The van der Waals surface area contributed by atoms with Crippen LogP contribution in [-0.4, -0.2) is 23.8 Å². The molecule has 1 fully saturated rings. The molecule has 1 unspecified atom stereocenters. The zero-order chi connectivity index (χ0) is 14.4. The SMILES string of the molecule is O=C(NCC(O)C1CCCCC1)Nc1ccccc1Cl. The van der Waals surface area contributed by atoms with Crippen LogP contribution in [0.15, 0.2) is 24.3 Å². The van der Waals surface area contributed by atoms with E-state index in [9.17, 15) is 9.90 Å². The van der Waals surface area contributed by atoms with E-state index in [2.05, 4.69) is 10.6 Å². The van der Waals surface area contributed by atoms with E-state index in [4.69, 9.17) is 11.6 Å². The molecule has 0 radical (unpaired) electrons. The van der Waals surface area contributed by atoms with Gasteiger partial charge in [0.05, 0.1) is 16.8 Å². The van der Waals surface area contributed by atoms with Gasteiger partial charge in [-0.05, 0) is 30.9 Å². The maximum Gasteiger partial charge on any atom is 0.319 e. The van der Waals surface area contributed by atoms with Crippen molar-refractivity contribution in [1.82, 2.24) is 5.32 Å². The third kappa shape index (κ3) is 4.39. The lowest BCUT2D eigenvalue weighted by molar-refractivity contribution is 0.0863. The summed E-state index contributed by atoms with van der Waals surface area (Å²) < 4.78 is 0. The average Bonchev–Trinajstić information content (AvgIpc) is 2.48. The molecule has 20 heavy (non-hydrogen) atoms. The zero-order valence-electron chi connectivity index (χ0n) is 11.4. The molecule has 0 spiro atoms. The van der Waals surface area contributed by atoms with Crippen molar-refractivity contribution in [2.45, 2.75) is 38.2 Å². The summed E-state index contributed by atoms with van der Waals surface area (Å²) in [6.45, 7) is 0.279. The van der Waals surface area contributed by atoms with Crippen molar-refractivity contribution in [3.8, 4) is 0 Å². The number of aliphatic hydroxyl groups excluding tert-OH is 1. The Morgan fingerprint density at radius 3 is 2.70 bits per heavy atom. The van der Waals surface area contributed by atoms with Gasteiger partial charge in [0.15, 0.2) is 0 Å². The normalized spacial score (nSPS) is 17.5. The van der Waals surface area contributed by atoms with Crippen molar-refractivity contribution in [2.75, 3.05) is 11.9 Å². The van der Waals surface area contributed by atoms with Gasteiger partial charge in [0.2, 0.25) is 0 Å². The summed E-state index contributed by atoms with van der Waals surface area (Å²) in [7, 11) is 0. The molecule has 0 heterocycles. The van der Waals surface area contributed by atoms with Crippen molar-refractivity contribution in [3.63, 3.8) is 0 Å². The summed E-state index contributed by atoms with van der Waals surface area (Å²) in [4.78, 5) is 11.8. The van der Waals surface area contributed by atoms with Gasteiger partial charge in [-0.1, -0.05) is 43.0 Å². The Labute approximate surface area is 124 Å². The monoisotopic (exact) mass is 296 g/mol. The second-order valence-corrected chi connectivity index (χ2v) is 5.69. The first kappa shape index (κ1) is 15.1. The minimum absolute atomic E-state index is 0.279. The molecule has 0 aromatic heterocycles. The lowest BCUT2D eigenvalue weighted by Crippen LogP contribution is -2.39. The number of para-hydroxylation sites is 1. The van der Waals surface area contributed by atoms with Gasteiger partial charge in [0.1, 0.15) is 0 Å². The van der Waals surface area contributed by atoms with Crippen LogP contribution < -0.4 is 10.6 Å². The van der Waals surface area contributed by atoms with Crippen molar-refractivity contribution < 1.29 is 9.90 Å². The Balaban J connectivity index is 1.76. The summed E-state index contributed by atoms with van der Waals surface area (Å²) in [5, 5.41) is 15.9. The lowest BCUT2D eigenvalue weighted by atomic mass is 9.85. The number of hydrogen-bond acceptors (Lipinski definition) is 2. The molecule has 1 aliphatic carbocycles. The van der Waals surface area contributed by atoms with Crippen LogP contribution in [0.2, 0.25) is 5.02 Å². The number of rotatable bonds is 4. The second kappa shape index (κ2) is 7.50. The standard InChI is InChI=1S/C15H21ClN2O2/c16-12-8-4-5-9-13(12)18-15(20)17-10-14(19)11-6-2-1-3-7-11/h4-5,8-9,11,14,19H,1-3,6-7,10H2,(H2,17,18,20). The number of amides is 2. The number of aliphatic hydroxyl groups is 1. The molecule has 1 aliphatic rings. The Kier molecular flexibility index (Phi) is 5.68. The molecule has 1 aromatic carbocycles. The van der Waals surface area contributed by atoms with Crippen LogP contribution in [-0.2, 0) is 0 Å². The lowest BCUT2D eigenvalue weighted by Gasteiger charge is -2.26. The van der Waals surface area contributed by atoms with E-state index in [1.807, 2.05) is 0 Å². The molecular weight excluding hydrogens is 276 g/mol. The molecule has 4 nitrogen and oxygen atoms in total. The van der Waals surface area contributed by atoms with Crippen molar-refractivity contribution in [3.05, 3.63) is 29.3 Å². The van der Waals surface area contributed by atoms with E-state index in [0.29, 0.717) is 16.6 Å². The van der Waals surface area contributed by atoms with Gasteiger partial charge in [0, 0.05) is 6.54 Å². The van der Waals surface area contributed by atoms with E-state index in [1.54, 1.807) is 24.3 Å². The molecule has 0 bridgehead atoms. The van der Waals surface area contributed by atoms with Crippen molar-refractivity contribution in [2.24, 2.45) is 5.92 Å². The minimum atomic E-state index is -0.465. The molecular formula is C15H21ClN2O2. The van der Waals surface area contributed by atoms with Crippen LogP contribution in [0, 0.1) is 5.92 Å². The van der Waals surface area contributed by atoms with Gasteiger partial charge in [-0.15, -0.1) is 0 Å². The van der Waals surface area contributed by atoms with E-state index in [0.717, 1.165) is 12.8 Å². The van der Waals surface area contributed by atoms with Crippen LogP contribution >= 0.6 is 11.6 Å². The molecule has 1 aromatic rings. The molecule has 0 saturated heterocycles. The van der Waals surface area contributed by atoms with E-state index < -0.39 is 6.10 Å². The molecule has 1 saturated carbocycles. The van der Waals surface area contributed by atoms with Gasteiger partial charge in [-0.2, -0.15) is 0 Å². The molecule has 110 valence electrons. The maximum absolute atomic E-state index is 11.8. The number of benzene rings is 1. The Hall–Kier alpha value is -1.26. The highest BCUT2D eigenvalue weighted by Crippen LogP contribution is 2.26. The number of anilines is 1. The van der Waals surface area contributed by atoms with E-state index in [1.165, 1.54) is 19.3 Å². The summed E-state index contributed by atoms with van der Waals surface area (Å²) in [5.74, 6) is 0.310. The molecule has 2 rings (SSSR count). The smallest absolute Gasteiger partial charge is 0.319 e. The third-order valence-electron chi connectivity index (χ3n) is 3.79. The van der Waals surface area contributed by atoms with Gasteiger partial charge in [0.25, 0.3) is 0 Å². The Bertz CT molecular complexity index is 447. The number of urea groups is 1. The maximum atomic E-state index is 11.8. The van der Waals surface area contributed by atoms with Gasteiger partial charge < -0.3 is 15.7 Å². The highest BCUT2D eigenvalue weighted by atomic mass is 35.5. The number of halogens is 1. The third-order valence-corrected chi connectivity index (χ3v) is 4.12. The van der Waals surface area contributed by atoms with E-state index in [-0.39, 0.29) is 12.6 Å². The number of carbonyl (C=O) groups is 1. The van der Waals surface area contributed by atoms with Gasteiger partial charge >= 0.3 is 6.03 Å². The number of hydrogen-bond donors (Lipinski definition) is 3. The predicted octanol–water partition coefficient (Wildman–Crippen LogP) is 3.40. The largest absolute Gasteiger partial charge is 0.391 e. The summed E-state index contributed by atoms with van der Waals surface area (Å²) in [6.07, 6.45) is 5.24. The van der Waals surface area contributed by atoms with Crippen LogP contribution in [0.1, 0.15) is 32.1 Å². The number of carbonyl (C=O) groups excluding carboxylic acids is 1. The van der Waals surface area contributed by atoms with Crippen LogP contribution in [0.5, 0.6) is 0 Å². The van der Waals surface area contributed by atoms with Crippen LogP contribution in [0.25, 0.3) is 0 Å². The fraction of sp³-hybridized carbons (Fsp3) is 0.533. The first-order valence-electron chi connectivity index (χ1n) is 7.14. The first-order chi connectivity index (χ1) is 9.66. The molecule has 3 N–H and O–H groups in total. The van der Waals surface area contributed by atoms with Crippen LogP contribution in [0.3, 0.4) is 0 Å². The van der Waals surface area contributed by atoms with E-state index >= 15 is 0 Å². The highest BCUT2D eigenvalue weighted by molar-refractivity contribution is 6.33. The fourth-order valence-corrected chi connectivity index (χ4v) is 2.79. The summed E-state index contributed by atoms with van der Waals surface area (Å²) in [5.41, 5.74) is 0.568. The first-order valence-corrected chi connectivity index (χ1v) is 7.52. The average molecular weight is 297 g/mol. The molecule has 0 aliphatic heterocycles. The van der Waals surface area contributed by atoms with Gasteiger partial charge in [-0.3, -0.25) is 0 Å². The quantitative estimate of drug-likeness (QED) is 0.797. The predicted molar refractivity (Wildman–Crippen MR) is 81.1 cm³/mol. The van der Waals surface area contributed by atoms with Crippen LogP contribution in [0.4, 0.5) is 10.5 Å². The number of nitrogens with one attached hydrogen (secondary N) is 2. The minimum Gasteiger partial charge on any atom is -0.391 e. The summed E-state index contributed by atoms with van der Waals surface area (Å²) in [6, 6.07) is 6.72. The highest BCUT2D eigenvalue weighted by Gasteiger charge is 2.21. The van der Waals surface area contributed by atoms with Gasteiger partial charge in [-0.25, -0.2) is 4.79 Å². The topological polar surface area (TPSA) is 61.4 Å². The van der Waals surface area contributed by atoms with Crippen molar-refractivity contribution >= 4 is 23.3 Å². The fourth-order valence-electron chi connectivity index (χ4n) is 2.61. The summed E-state index contributed by atoms with van der Waals surface area (Å²) >= 11 is 5.96. The molecule has 2 amide bonds. The molecule has 1 atom stereocenters. The van der Waals surface area contributed by atoms with Crippen molar-refractivity contribution in [1.29, 1.82) is 0 Å². The Morgan fingerprint density at radius 1 is 1.30 bits per heavy atom.